The van der Waals surface area contributed by atoms with Gasteiger partial charge in [0.25, 0.3) is 5.91 Å². The fourth-order valence-corrected chi connectivity index (χ4v) is 2.32. The standard InChI is InChI=1S/C14H15FN4O2/c1-10-16-17-14(21-10)19-8-6-18(7-9-19)13(20)11-4-2-3-5-12(11)15/h2-5H,6-9H2,1H3. The molecule has 2 heterocycles. The number of aromatic nitrogens is 2. The molecule has 0 atom stereocenters. The number of amides is 1. The first kappa shape index (κ1) is 13.5. The quantitative estimate of drug-likeness (QED) is 0.838. The summed E-state index contributed by atoms with van der Waals surface area (Å²) in [7, 11) is 0. The van der Waals surface area contributed by atoms with Gasteiger partial charge in [-0.15, -0.1) is 5.10 Å². The molecule has 1 aliphatic rings. The highest BCUT2D eigenvalue weighted by molar-refractivity contribution is 5.94. The average molecular weight is 290 g/mol. The first-order valence-corrected chi connectivity index (χ1v) is 6.74. The number of benzene rings is 1. The summed E-state index contributed by atoms with van der Waals surface area (Å²) in [4.78, 5) is 15.8. The molecule has 0 spiro atoms. The molecule has 0 aliphatic carbocycles. The van der Waals surface area contributed by atoms with E-state index in [1.54, 1.807) is 24.0 Å². The Bertz CT molecular complexity index is 650. The van der Waals surface area contributed by atoms with Crippen molar-refractivity contribution in [2.24, 2.45) is 0 Å². The molecule has 110 valence electrons. The van der Waals surface area contributed by atoms with E-state index in [0.29, 0.717) is 38.1 Å². The van der Waals surface area contributed by atoms with E-state index in [9.17, 15) is 9.18 Å². The van der Waals surface area contributed by atoms with Gasteiger partial charge in [-0.05, 0) is 12.1 Å². The second-order valence-corrected chi connectivity index (χ2v) is 4.86. The second kappa shape index (κ2) is 5.51. The molecule has 0 N–H and O–H groups in total. The van der Waals surface area contributed by atoms with E-state index in [-0.39, 0.29) is 11.5 Å². The third kappa shape index (κ3) is 2.72. The van der Waals surface area contributed by atoms with Gasteiger partial charge in [0.2, 0.25) is 5.89 Å². The molecule has 1 aromatic heterocycles. The number of halogens is 1. The molecular weight excluding hydrogens is 275 g/mol. The molecule has 0 saturated carbocycles. The summed E-state index contributed by atoms with van der Waals surface area (Å²) in [5, 5.41) is 7.74. The van der Waals surface area contributed by atoms with Crippen molar-refractivity contribution in [3.8, 4) is 0 Å². The number of hydrogen-bond donors (Lipinski definition) is 0. The fourth-order valence-electron chi connectivity index (χ4n) is 2.32. The van der Waals surface area contributed by atoms with E-state index in [1.165, 1.54) is 12.1 Å². The molecule has 1 amide bonds. The van der Waals surface area contributed by atoms with Crippen LogP contribution in [0.1, 0.15) is 16.2 Å². The Morgan fingerprint density at radius 1 is 1.19 bits per heavy atom. The van der Waals surface area contributed by atoms with Gasteiger partial charge in [0.1, 0.15) is 5.82 Å². The van der Waals surface area contributed by atoms with Crippen LogP contribution in [0.15, 0.2) is 28.7 Å². The summed E-state index contributed by atoms with van der Waals surface area (Å²) in [6.45, 7) is 3.89. The molecule has 1 aliphatic heterocycles. The lowest BCUT2D eigenvalue weighted by atomic mass is 10.1. The molecule has 0 radical (unpaired) electrons. The minimum atomic E-state index is -0.488. The normalized spacial score (nSPS) is 15.3. The molecule has 1 saturated heterocycles. The molecule has 1 fully saturated rings. The number of carbonyl (C=O) groups excluding carboxylic acids is 1. The van der Waals surface area contributed by atoms with Crippen molar-refractivity contribution in [3.05, 3.63) is 41.5 Å². The van der Waals surface area contributed by atoms with Crippen LogP contribution >= 0.6 is 0 Å². The average Bonchev–Trinajstić information content (AvgIpc) is 2.94. The topological polar surface area (TPSA) is 62.5 Å². The van der Waals surface area contributed by atoms with Gasteiger partial charge in [0.15, 0.2) is 0 Å². The predicted octanol–water partition coefficient (Wildman–Crippen LogP) is 1.48. The zero-order valence-corrected chi connectivity index (χ0v) is 11.6. The summed E-state index contributed by atoms with van der Waals surface area (Å²) < 4.78 is 19.0. The number of rotatable bonds is 2. The molecule has 0 bridgehead atoms. The van der Waals surface area contributed by atoms with Gasteiger partial charge >= 0.3 is 6.01 Å². The minimum Gasteiger partial charge on any atom is -0.408 e. The fraction of sp³-hybridized carbons (Fsp3) is 0.357. The Labute approximate surface area is 121 Å². The van der Waals surface area contributed by atoms with E-state index in [4.69, 9.17) is 4.42 Å². The molecule has 21 heavy (non-hydrogen) atoms. The summed E-state index contributed by atoms with van der Waals surface area (Å²) in [5.41, 5.74) is 0.111. The van der Waals surface area contributed by atoms with E-state index in [1.807, 2.05) is 4.90 Å². The highest BCUT2D eigenvalue weighted by atomic mass is 19.1. The number of anilines is 1. The van der Waals surface area contributed by atoms with E-state index >= 15 is 0 Å². The van der Waals surface area contributed by atoms with Crippen molar-refractivity contribution in [2.75, 3.05) is 31.1 Å². The minimum absolute atomic E-state index is 0.111. The summed E-state index contributed by atoms with van der Waals surface area (Å²) in [6.07, 6.45) is 0. The van der Waals surface area contributed by atoms with Gasteiger partial charge in [0, 0.05) is 33.1 Å². The highest BCUT2D eigenvalue weighted by Crippen LogP contribution is 2.16. The SMILES string of the molecule is Cc1nnc(N2CCN(C(=O)c3ccccc3F)CC2)o1. The lowest BCUT2D eigenvalue weighted by molar-refractivity contribution is 0.0740. The largest absolute Gasteiger partial charge is 0.408 e. The number of hydrogen-bond acceptors (Lipinski definition) is 5. The maximum atomic E-state index is 13.6. The van der Waals surface area contributed by atoms with Gasteiger partial charge in [-0.1, -0.05) is 17.2 Å². The van der Waals surface area contributed by atoms with E-state index in [2.05, 4.69) is 10.2 Å². The van der Waals surface area contributed by atoms with Crippen LogP contribution in [0.5, 0.6) is 0 Å². The van der Waals surface area contributed by atoms with Crippen LogP contribution < -0.4 is 4.90 Å². The Kier molecular flexibility index (Phi) is 3.55. The smallest absolute Gasteiger partial charge is 0.318 e. The van der Waals surface area contributed by atoms with Gasteiger partial charge < -0.3 is 14.2 Å². The molecule has 6 nitrogen and oxygen atoms in total. The number of nitrogens with zero attached hydrogens (tertiary/aromatic N) is 4. The van der Waals surface area contributed by atoms with E-state index in [0.717, 1.165) is 0 Å². The Hall–Kier alpha value is -2.44. The van der Waals surface area contributed by atoms with Crippen molar-refractivity contribution in [1.82, 2.24) is 15.1 Å². The van der Waals surface area contributed by atoms with Crippen LogP contribution in [0.3, 0.4) is 0 Å². The number of aryl methyl sites for hydroxylation is 1. The predicted molar refractivity (Wildman–Crippen MR) is 73.6 cm³/mol. The van der Waals surface area contributed by atoms with Gasteiger partial charge in [-0.25, -0.2) is 4.39 Å². The first-order valence-electron chi connectivity index (χ1n) is 6.74. The van der Waals surface area contributed by atoms with Crippen molar-refractivity contribution in [2.45, 2.75) is 6.92 Å². The summed E-state index contributed by atoms with van der Waals surface area (Å²) in [6, 6.07) is 6.50. The summed E-state index contributed by atoms with van der Waals surface area (Å²) >= 11 is 0. The highest BCUT2D eigenvalue weighted by Gasteiger charge is 2.25. The van der Waals surface area contributed by atoms with Crippen LogP contribution in [0.2, 0.25) is 0 Å². The monoisotopic (exact) mass is 290 g/mol. The van der Waals surface area contributed by atoms with Crippen molar-refractivity contribution in [3.63, 3.8) is 0 Å². The molecule has 3 rings (SSSR count). The van der Waals surface area contributed by atoms with Crippen molar-refractivity contribution < 1.29 is 13.6 Å². The van der Waals surface area contributed by atoms with Gasteiger partial charge in [0.05, 0.1) is 5.56 Å². The van der Waals surface area contributed by atoms with Crippen molar-refractivity contribution in [1.29, 1.82) is 0 Å². The lowest BCUT2D eigenvalue weighted by Gasteiger charge is -2.33. The van der Waals surface area contributed by atoms with Gasteiger partial charge in [-0.3, -0.25) is 4.79 Å². The summed E-state index contributed by atoms with van der Waals surface area (Å²) in [5.74, 6) is -0.262. The van der Waals surface area contributed by atoms with Crippen LogP contribution in [-0.2, 0) is 0 Å². The van der Waals surface area contributed by atoms with Gasteiger partial charge in [-0.2, -0.15) is 0 Å². The van der Waals surface area contributed by atoms with Crippen LogP contribution in [-0.4, -0.2) is 47.2 Å². The maximum absolute atomic E-state index is 13.6. The molecular formula is C14H15FN4O2. The van der Waals surface area contributed by atoms with Crippen LogP contribution in [0.25, 0.3) is 0 Å². The molecule has 0 unspecified atom stereocenters. The van der Waals surface area contributed by atoms with Crippen LogP contribution in [0.4, 0.5) is 10.4 Å². The Balaban J connectivity index is 1.66. The van der Waals surface area contributed by atoms with E-state index < -0.39 is 5.82 Å². The Morgan fingerprint density at radius 3 is 2.52 bits per heavy atom. The lowest BCUT2D eigenvalue weighted by Crippen LogP contribution is -2.49. The number of piperazine rings is 1. The third-order valence-electron chi connectivity index (χ3n) is 3.46. The Morgan fingerprint density at radius 2 is 1.90 bits per heavy atom. The second-order valence-electron chi connectivity index (χ2n) is 4.86. The van der Waals surface area contributed by atoms with Crippen molar-refractivity contribution >= 4 is 11.9 Å². The first-order chi connectivity index (χ1) is 10.1. The molecule has 2 aromatic rings. The molecule has 7 heteroatoms. The molecule has 1 aromatic carbocycles. The third-order valence-corrected chi connectivity index (χ3v) is 3.46. The zero-order valence-electron chi connectivity index (χ0n) is 11.6. The number of carbonyl (C=O) groups is 1. The van der Waals surface area contributed by atoms with Crippen LogP contribution in [0, 0.1) is 12.7 Å². The maximum Gasteiger partial charge on any atom is 0.318 e. The zero-order chi connectivity index (χ0) is 14.8.